The van der Waals surface area contributed by atoms with Gasteiger partial charge < -0.3 is 15.0 Å². The van der Waals surface area contributed by atoms with Crippen molar-refractivity contribution in [3.63, 3.8) is 0 Å². The van der Waals surface area contributed by atoms with Crippen molar-refractivity contribution in [3.8, 4) is 5.75 Å². The number of benzene rings is 1. The summed E-state index contributed by atoms with van der Waals surface area (Å²) in [5.74, 6) is 0.940. The molecule has 0 saturated heterocycles. The Kier molecular flexibility index (Phi) is 5.49. The van der Waals surface area contributed by atoms with Crippen LogP contribution in [0.2, 0.25) is 0 Å². The van der Waals surface area contributed by atoms with Crippen LogP contribution in [-0.4, -0.2) is 45.1 Å². The average molecular weight is 236 g/mol. The van der Waals surface area contributed by atoms with Crippen molar-refractivity contribution in [1.82, 2.24) is 10.2 Å². The van der Waals surface area contributed by atoms with E-state index >= 15 is 0 Å². The van der Waals surface area contributed by atoms with Gasteiger partial charge in [-0.2, -0.15) is 0 Å². The fourth-order valence-electron chi connectivity index (χ4n) is 1.46. The number of methoxy groups -OCH3 is 1. The van der Waals surface area contributed by atoms with Gasteiger partial charge in [-0.25, -0.2) is 0 Å². The number of ether oxygens (including phenoxy) is 1. The van der Waals surface area contributed by atoms with E-state index in [2.05, 4.69) is 5.32 Å². The number of carbonyl (C=O) groups is 1. The molecule has 4 heteroatoms. The minimum atomic E-state index is 0.130. The third-order valence-corrected chi connectivity index (χ3v) is 2.64. The van der Waals surface area contributed by atoms with Gasteiger partial charge in [0.2, 0.25) is 5.91 Å². The quantitative estimate of drug-likeness (QED) is 0.798. The lowest BCUT2D eigenvalue weighted by molar-refractivity contribution is -0.129. The zero-order chi connectivity index (χ0) is 12.7. The third-order valence-electron chi connectivity index (χ3n) is 2.64. The molecular weight excluding hydrogens is 216 g/mol. The van der Waals surface area contributed by atoms with E-state index in [1.165, 1.54) is 0 Å². The van der Waals surface area contributed by atoms with Gasteiger partial charge in [0.05, 0.1) is 13.5 Å². The smallest absolute Gasteiger partial charge is 0.226 e. The largest absolute Gasteiger partial charge is 0.497 e. The molecule has 0 atom stereocenters. The molecule has 0 fully saturated rings. The predicted octanol–water partition coefficient (Wildman–Crippen LogP) is 0.915. The first-order valence-electron chi connectivity index (χ1n) is 5.69. The summed E-state index contributed by atoms with van der Waals surface area (Å²) in [5, 5.41) is 3.02. The van der Waals surface area contributed by atoms with E-state index < -0.39 is 0 Å². The summed E-state index contributed by atoms with van der Waals surface area (Å²) in [6.45, 7) is 1.54. The SMILES string of the molecule is CNCCN(C)C(=O)Cc1ccc(OC)cc1. The van der Waals surface area contributed by atoms with Crippen LogP contribution in [-0.2, 0) is 11.2 Å². The maximum atomic E-state index is 11.8. The summed E-state index contributed by atoms with van der Waals surface area (Å²) in [7, 11) is 5.33. The van der Waals surface area contributed by atoms with Crippen LogP contribution < -0.4 is 10.1 Å². The van der Waals surface area contributed by atoms with Crippen molar-refractivity contribution < 1.29 is 9.53 Å². The van der Waals surface area contributed by atoms with E-state index in [0.29, 0.717) is 6.42 Å². The van der Waals surface area contributed by atoms with Crippen molar-refractivity contribution in [1.29, 1.82) is 0 Å². The van der Waals surface area contributed by atoms with Gasteiger partial charge in [-0.05, 0) is 24.7 Å². The number of amides is 1. The van der Waals surface area contributed by atoms with Crippen LogP contribution in [0.3, 0.4) is 0 Å². The molecule has 0 aliphatic rings. The van der Waals surface area contributed by atoms with Crippen LogP contribution in [0.4, 0.5) is 0 Å². The number of carbonyl (C=O) groups excluding carboxylic acids is 1. The van der Waals surface area contributed by atoms with E-state index in [4.69, 9.17) is 4.74 Å². The molecule has 0 spiro atoms. The van der Waals surface area contributed by atoms with Crippen LogP contribution in [0.5, 0.6) is 5.75 Å². The Labute approximate surface area is 103 Å². The summed E-state index contributed by atoms with van der Waals surface area (Å²) < 4.78 is 5.07. The van der Waals surface area contributed by atoms with Crippen LogP contribution in [0.25, 0.3) is 0 Å². The molecule has 0 unspecified atom stereocenters. The molecule has 1 rings (SSSR count). The number of likely N-dealkylation sites (N-methyl/N-ethyl adjacent to an activating group) is 2. The van der Waals surface area contributed by atoms with Crippen LogP contribution in [0, 0.1) is 0 Å². The summed E-state index contributed by atoms with van der Waals surface area (Å²) in [6, 6.07) is 7.58. The second-order valence-electron chi connectivity index (χ2n) is 3.94. The Morgan fingerprint density at radius 2 is 2.00 bits per heavy atom. The highest BCUT2D eigenvalue weighted by Crippen LogP contribution is 2.12. The zero-order valence-corrected chi connectivity index (χ0v) is 10.7. The van der Waals surface area contributed by atoms with E-state index in [0.717, 1.165) is 24.4 Å². The lowest BCUT2D eigenvalue weighted by Gasteiger charge is -2.16. The molecule has 1 N–H and O–H groups in total. The number of nitrogens with zero attached hydrogens (tertiary/aromatic N) is 1. The summed E-state index contributed by atoms with van der Waals surface area (Å²) in [5.41, 5.74) is 1.01. The van der Waals surface area contributed by atoms with Gasteiger partial charge in [-0.1, -0.05) is 12.1 Å². The van der Waals surface area contributed by atoms with Crippen molar-refractivity contribution >= 4 is 5.91 Å². The first-order chi connectivity index (χ1) is 8.17. The normalized spacial score (nSPS) is 10.1. The molecule has 0 aliphatic carbocycles. The molecular formula is C13H20N2O2. The highest BCUT2D eigenvalue weighted by atomic mass is 16.5. The second-order valence-corrected chi connectivity index (χ2v) is 3.94. The molecule has 0 radical (unpaired) electrons. The van der Waals surface area contributed by atoms with Crippen LogP contribution >= 0.6 is 0 Å². The summed E-state index contributed by atoms with van der Waals surface area (Å²) >= 11 is 0. The van der Waals surface area contributed by atoms with Gasteiger partial charge in [0.15, 0.2) is 0 Å². The number of nitrogens with one attached hydrogen (secondary N) is 1. The van der Waals surface area contributed by atoms with E-state index in [1.54, 1.807) is 12.0 Å². The van der Waals surface area contributed by atoms with Gasteiger partial charge in [0, 0.05) is 20.1 Å². The fraction of sp³-hybridized carbons (Fsp3) is 0.462. The van der Waals surface area contributed by atoms with Crippen LogP contribution in [0.15, 0.2) is 24.3 Å². The molecule has 4 nitrogen and oxygen atoms in total. The lowest BCUT2D eigenvalue weighted by atomic mass is 10.1. The Morgan fingerprint density at radius 1 is 1.35 bits per heavy atom. The van der Waals surface area contributed by atoms with Gasteiger partial charge in [-0.15, -0.1) is 0 Å². The first kappa shape index (κ1) is 13.5. The predicted molar refractivity (Wildman–Crippen MR) is 68.3 cm³/mol. The third kappa shape index (κ3) is 4.44. The molecule has 0 heterocycles. The zero-order valence-electron chi connectivity index (χ0n) is 10.7. The van der Waals surface area contributed by atoms with Crippen LogP contribution in [0.1, 0.15) is 5.56 Å². The Morgan fingerprint density at radius 3 is 2.53 bits per heavy atom. The first-order valence-corrected chi connectivity index (χ1v) is 5.69. The number of hydrogen-bond acceptors (Lipinski definition) is 3. The fourth-order valence-corrected chi connectivity index (χ4v) is 1.46. The van der Waals surface area contributed by atoms with Gasteiger partial charge >= 0.3 is 0 Å². The lowest BCUT2D eigenvalue weighted by Crippen LogP contribution is -2.33. The number of hydrogen-bond donors (Lipinski definition) is 1. The minimum Gasteiger partial charge on any atom is -0.497 e. The van der Waals surface area contributed by atoms with Crippen molar-refractivity contribution in [2.75, 3.05) is 34.3 Å². The molecule has 0 aromatic heterocycles. The van der Waals surface area contributed by atoms with Gasteiger partial charge in [-0.3, -0.25) is 4.79 Å². The maximum Gasteiger partial charge on any atom is 0.226 e. The topological polar surface area (TPSA) is 41.6 Å². The Balaban J connectivity index is 2.49. The second kappa shape index (κ2) is 6.91. The van der Waals surface area contributed by atoms with Crippen molar-refractivity contribution in [2.45, 2.75) is 6.42 Å². The summed E-state index contributed by atoms with van der Waals surface area (Å²) in [4.78, 5) is 13.6. The van der Waals surface area contributed by atoms with Gasteiger partial charge in [0.25, 0.3) is 0 Å². The standard InChI is InChI=1S/C13H20N2O2/c1-14-8-9-15(2)13(16)10-11-4-6-12(17-3)7-5-11/h4-7,14H,8-10H2,1-3H3. The average Bonchev–Trinajstić information content (AvgIpc) is 2.36. The van der Waals surface area contributed by atoms with Crippen molar-refractivity contribution in [2.24, 2.45) is 0 Å². The highest BCUT2D eigenvalue weighted by molar-refractivity contribution is 5.78. The Hall–Kier alpha value is -1.55. The summed E-state index contributed by atoms with van der Waals surface area (Å²) in [6.07, 6.45) is 0.435. The molecule has 0 aliphatic heterocycles. The Bertz CT molecular complexity index is 349. The molecule has 1 aromatic rings. The van der Waals surface area contributed by atoms with E-state index in [9.17, 15) is 4.79 Å². The molecule has 17 heavy (non-hydrogen) atoms. The van der Waals surface area contributed by atoms with E-state index in [1.807, 2.05) is 38.4 Å². The molecule has 94 valence electrons. The monoisotopic (exact) mass is 236 g/mol. The highest BCUT2D eigenvalue weighted by Gasteiger charge is 2.08. The molecule has 0 saturated carbocycles. The van der Waals surface area contributed by atoms with Gasteiger partial charge in [0.1, 0.15) is 5.75 Å². The molecule has 1 aromatic carbocycles. The van der Waals surface area contributed by atoms with E-state index in [-0.39, 0.29) is 5.91 Å². The number of rotatable bonds is 6. The maximum absolute atomic E-state index is 11.8. The molecule has 0 bridgehead atoms. The minimum absolute atomic E-state index is 0.130. The molecule has 1 amide bonds. The van der Waals surface area contributed by atoms with Crippen molar-refractivity contribution in [3.05, 3.63) is 29.8 Å².